The van der Waals surface area contributed by atoms with Crippen LogP contribution < -0.4 is 19.1 Å². The Morgan fingerprint density at radius 3 is 2.55 bits per heavy atom. The molecule has 0 unspecified atom stereocenters. The molecule has 0 aliphatic heterocycles. The summed E-state index contributed by atoms with van der Waals surface area (Å²) in [4.78, 5) is 12.3. The van der Waals surface area contributed by atoms with E-state index in [4.69, 9.17) is 21.1 Å². The molecule has 0 aromatic heterocycles. The summed E-state index contributed by atoms with van der Waals surface area (Å²) in [5.41, 5.74) is 0.917. The molecule has 0 aliphatic rings. The highest BCUT2D eigenvalue weighted by molar-refractivity contribution is 7.92. The van der Waals surface area contributed by atoms with Crippen molar-refractivity contribution in [2.24, 2.45) is 0 Å². The molecule has 9 heteroatoms. The van der Waals surface area contributed by atoms with E-state index in [9.17, 15) is 13.2 Å². The molecule has 2 aromatic carbocycles. The number of carbonyl (C=O) groups excluding carboxylic acids is 1. The van der Waals surface area contributed by atoms with Crippen LogP contribution in [-0.4, -0.2) is 40.8 Å². The van der Waals surface area contributed by atoms with Crippen molar-refractivity contribution < 1.29 is 22.7 Å². The molecule has 7 nitrogen and oxygen atoms in total. The molecule has 0 aliphatic carbocycles. The Kier molecular flexibility index (Phi) is 8.16. The third-order valence-electron chi connectivity index (χ3n) is 4.03. The first-order valence-corrected chi connectivity index (χ1v) is 11.3. The number of para-hydroxylation sites is 2. The first-order valence-electron chi connectivity index (χ1n) is 9.09. The molecule has 0 spiro atoms. The van der Waals surface area contributed by atoms with Crippen LogP contribution in [0, 0.1) is 0 Å². The molecule has 0 heterocycles. The van der Waals surface area contributed by atoms with Crippen molar-refractivity contribution in [3.05, 3.63) is 47.5 Å². The van der Waals surface area contributed by atoms with Gasteiger partial charge < -0.3 is 14.8 Å². The molecule has 0 bridgehead atoms. The summed E-state index contributed by atoms with van der Waals surface area (Å²) in [7, 11) is -2.05. The average molecular weight is 441 g/mol. The highest BCUT2D eigenvalue weighted by atomic mass is 35.5. The van der Waals surface area contributed by atoms with Crippen molar-refractivity contribution in [1.82, 2.24) is 0 Å². The lowest BCUT2D eigenvalue weighted by Gasteiger charge is -2.24. The number of hydrogen-bond acceptors (Lipinski definition) is 5. The number of amides is 1. The van der Waals surface area contributed by atoms with Gasteiger partial charge in [0.05, 0.1) is 31.3 Å². The number of nitrogens with one attached hydrogen (secondary N) is 1. The van der Waals surface area contributed by atoms with Crippen LogP contribution >= 0.6 is 11.6 Å². The fourth-order valence-corrected chi connectivity index (χ4v) is 3.92. The van der Waals surface area contributed by atoms with Crippen LogP contribution in [0.15, 0.2) is 42.5 Å². The number of rotatable bonds is 10. The Labute approximate surface area is 176 Å². The monoisotopic (exact) mass is 440 g/mol. The number of benzene rings is 2. The van der Waals surface area contributed by atoms with Gasteiger partial charge in [0.2, 0.25) is 15.9 Å². The number of halogens is 1. The number of sulfonamides is 1. The maximum Gasteiger partial charge on any atom is 0.232 e. The molecule has 29 heavy (non-hydrogen) atoms. The Morgan fingerprint density at radius 2 is 1.90 bits per heavy atom. The lowest BCUT2D eigenvalue weighted by atomic mass is 10.2. The smallest absolute Gasteiger partial charge is 0.232 e. The lowest BCUT2D eigenvalue weighted by Crippen LogP contribution is -2.32. The highest BCUT2D eigenvalue weighted by Crippen LogP contribution is 2.30. The molecular formula is C20H25ClN2O5S. The van der Waals surface area contributed by atoms with Gasteiger partial charge in [-0.25, -0.2) is 8.42 Å². The maximum atomic E-state index is 12.3. The van der Waals surface area contributed by atoms with E-state index in [1.54, 1.807) is 42.5 Å². The van der Waals surface area contributed by atoms with E-state index in [2.05, 4.69) is 5.32 Å². The van der Waals surface area contributed by atoms with E-state index in [0.29, 0.717) is 40.9 Å². The number of anilines is 2. The summed E-state index contributed by atoms with van der Waals surface area (Å²) in [6.07, 6.45) is 1.58. The van der Waals surface area contributed by atoms with Crippen LogP contribution in [0.3, 0.4) is 0 Å². The van der Waals surface area contributed by atoms with Crippen LogP contribution in [0.5, 0.6) is 11.5 Å². The Bertz CT molecular complexity index is 950. The fourth-order valence-electron chi connectivity index (χ4n) is 2.78. The standard InChI is InChI=1S/C20H25ClN2O5S/c1-4-28-19-9-6-5-8-17(19)23(29(3,25)26)13-7-10-20(24)22-16-14-15(21)11-12-18(16)27-2/h5-6,8-9,11-12,14H,4,7,10,13H2,1-3H3,(H,22,24). The summed E-state index contributed by atoms with van der Waals surface area (Å²) < 4.78 is 36.6. The van der Waals surface area contributed by atoms with Crippen molar-refractivity contribution >= 4 is 38.9 Å². The molecule has 158 valence electrons. The van der Waals surface area contributed by atoms with Gasteiger partial charge in [-0.3, -0.25) is 9.10 Å². The molecule has 0 saturated carbocycles. The van der Waals surface area contributed by atoms with Crippen LogP contribution in [0.1, 0.15) is 19.8 Å². The molecule has 1 amide bonds. The third kappa shape index (κ3) is 6.54. The van der Waals surface area contributed by atoms with E-state index < -0.39 is 10.0 Å². The average Bonchev–Trinajstić information content (AvgIpc) is 2.65. The third-order valence-corrected chi connectivity index (χ3v) is 5.45. The molecule has 2 rings (SSSR count). The minimum absolute atomic E-state index is 0.124. The topological polar surface area (TPSA) is 84.9 Å². The van der Waals surface area contributed by atoms with Gasteiger partial charge in [-0.15, -0.1) is 0 Å². The minimum Gasteiger partial charge on any atom is -0.495 e. The van der Waals surface area contributed by atoms with Crippen LogP contribution in [-0.2, 0) is 14.8 Å². The van der Waals surface area contributed by atoms with Gasteiger partial charge in [0.1, 0.15) is 11.5 Å². The maximum absolute atomic E-state index is 12.3. The summed E-state index contributed by atoms with van der Waals surface area (Å²) in [6, 6.07) is 11.8. The first kappa shape index (κ1) is 22.8. The second-order valence-electron chi connectivity index (χ2n) is 6.23. The van der Waals surface area contributed by atoms with E-state index in [1.807, 2.05) is 6.92 Å². The van der Waals surface area contributed by atoms with Gasteiger partial charge >= 0.3 is 0 Å². The molecule has 2 aromatic rings. The van der Waals surface area contributed by atoms with Crippen molar-refractivity contribution in [2.45, 2.75) is 19.8 Å². The summed E-state index contributed by atoms with van der Waals surface area (Å²) in [6.45, 7) is 2.39. The predicted molar refractivity (Wildman–Crippen MR) is 116 cm³/mol. The van der Waals surface area contributed by atoms with Crippen LogP contribution in [0.2, 0.25) is 5.02 Å². The zero-order chi connectivity index (χ0) is 21.4. The zero-order valence-electron chi connectivity index (χ0n) is 16.6. The normalized spacial score (nSPS) is 11.0. The number of carbonyl (C=O) groups is 1. The first-order chi connectivity index (χ1) is 13.8. The molecule has 0 fully saturated rings. The largest absolute Gasteiger partial charge is 0.495 e. The number of nitrogens with zero attached hydrogens (tertiary/aromatic N) is 1. The van der Waals surface area contributed by atoms with E-state index in [-0.39, 0.29) is 18.9 Å². The van der Waals surface area contributed by atoms with E-state index in [1.165, 1.54) is 11.4 Å². The zero-order valence-corrected chi connectivity index (χ0v) is 18.2. The summed E-state index contributed by atoms with van der Waals surface area (Å²) >= 11 is 5.97. The number of ether oxygens (including phenoxy) is 2. The van der Waals surface area contributed by atoms with Crippen molar-refractivity contribution in [3.8, 4) is 11.5 Å². The van der Waals surface area contributed by atoms with E-state index in [0.717, 1.165) is 6.26 Å². The van der Waals surface area contributed by atoms with Gasteiger partial charge in [0.25, 0.3) is 0 Å². The van der Waals surface area contributed by atoms with Crippen LogP contribution in [0.4, 0.5) is 11.4 Å². The van der Waals surface area contributed by atoms with Gasteiger partial charge in [-0.2, -0.15) is 0 Å². The second-order valence-corrected chi connectivity index (χ2v) is 8.58. The molecule has 1 N–H and O–H groups in total. The number of methoxy groups -OCH3 is 1. The Morgan fingerprint density at radius 1 is 1.17 bits per heavy atom. The Hall–Kier alpha value is -2.45. The van der Waals surface area contributed by atoms with Crippen LogP contribution in [0.25, 0.3) is 0 Å². The lowest BCUT2D eigenvalue weighted by molar-refractivity contribution is -0.116. The molecule has 0 saturated heterocycles. The van der Waals surface area contributed by atoms with Crippen molar-refractivity contribution in [2.75, 3.05) is 36.1 Å². The van der Waals surface area contributed by atoms with Gasteiger partial charge in [-0.1, -0.05) is 23.7 Å². The SMILES string of the molecule is CCOc1ccccc1N(CCCC(=O)Nc1cc(Cl)ccc1OC)S(C)(=O)=O. The summed E-state index contributed by atoms with van der Waals surface area (Å²) in [5.74, 6) is 0.705. The van der Waals surface area contributed by atoms with E-state index >= 15 is 0 Å². The molecular weight excluding hydrogens is 416 g/mol. The van der Waals surface area contributed by atoms with Crippen molar-refractivity contribution in [3.63, 3.8) is 0 Å². The van der Waals surface area contributed by atoms with Gasteiger partial charge in [0.15, 0.2) is 0 Å². The summed E-state index contributed by atoms with van der Waals surface area (Å²) in [5, 5.41) is 3.21. The fraction of sp³-hybridized carbons (Fsp3) is 0.350. The molecule has 0 radical (unpaired) electrons. The number of hydrogen-bond donors (Lipinski definition) is 1. The predicted octanol–water partition coefficient (Wildman–Crippen LogP) is 3.93. The quantitative estimate of drug-likeness (QED) is 0.605. The van der Waals surface area contributed by atoms with Crippen molar-refractivity contribution in [1.29, 1.82) is 0 Å². The highest BCUT2D eigenvalue weighted by Gasteiger charge is 2.21. The minimum atomic E-state index is -3.55. The van der Waals surface area contributed by atoms with Gasteiger partial charge in [0, 0.05) is 18.0 Å². The van der Waals surface area contributed by atoms with Gasteiger partial charge in [-0.05, 0) is 43.7 Å². The Balaban J connectivity index is 2.06. The molecule has 0 atom stereocenters. The second kappa shape index (κ2) is 10.4.